The molecule has 0 bridgehead atoms. The zero-order valence-electron chi connectivity index (χ0n) is 12.9. The standard InChI is InChI=1S/C16H24N4O2/c1-16(6-8-18-9-7-16)11-20-14(21)13-4-2-12(3-5-13)10-19-15(17)22/h2-5,18H,6-11H2,1H3,(H,20,21)(H3,17,19,22). The summed E-state index contributed by atoms with van der Waals surface area (Å²) < 4.78 is 0. The summed E-state index contributed by atoms with van der Waals surface area (Å²) >= 11 is 0. The molecule has 1 aliphatic heterocycles. The van der Waals surface area contributed by atoms with E-state index in [4.69, 9.17) is 5.73 Å². The van der Waals surface area contributed by atoms with Gasteiger partial charge in [0.15, 0.2) is 0 Å². The largest absolute Gasteiger partial charge is 0.352 e. The van der Waals surface area contributed by atoms with Crippen LogP contribution >= 0.6 is 0 Å². The second-order valence-electron chi connectivity index (χ2n) is 6.16. The summed E-state index contributed by atoms with van der Waals surface area (Å²) in [6.07, 6.45) is 2.15. The lowest BCUT2D eigenvalue weighted by atomic mass is 9.81. The Hall–Kier alpha value is -2.08. The molecule has 1 fully saturated rings. The third-order valence-electron chi connectivity index (χ3n) is 4.17. The predicted molar refractivity (Wildman–Crippen MR) is 85.4 cm³/mol. The summed E-state index contributed by atoms with van der Waals surface area (Å²) in [4.78, 5) is 22.8. The molecule has 2 rings (SSSR count). The number of carbonyl (C=O) groups is 2. The number of urea groups is 1. The van der Waals surface area contributed by atoms with Gasteiger partial charge in [-0.2, -0.15) is 0 Å². The minimum absolute atomic E-state index is 0.0610. The van der Waals surface area contributed by atoms with Crippen molar-refractivity contribution in [2.45, 2.75) is 26.3 Å². The zero-order valence-corrected chi connectivity index (χ0v) is 12.9. The van der Waals surface area contributed by atoms with Crippen molar-refractivity contribution in [3.05, 3.63) is 35.4 Å². The van der Waals surface area contributed by atoms with Gasteiger partial charge in [0.25, 0.3) is 5.91 Å². The molecule has 120 valence electrons. The second-order valence-corrected chi connectivity index (χ2v) is 6.16. The van der Waals surface area contributed by atoms with Gasteiger partial charge in [-0.05, 0) is 49.0 Å². The molecule has 0 spiro atoms. The van der Waals surface area contributed by atoms with E-state index < -0.39 is 6.03 Å². The fourth-order valence-corrected chi connectivity index (χ4v) is 2.57. The molecule has 0 saturated carbocycles. The highest BCUT2D eigenvalue weighted by Gasteiger charge is 2.27. The first kappa shape index (κ1) is 16.3. The van der Waals surface area contributed by atoms with Crippen LogP contribution in [0, 0.1) is 5.41 Å². The number of hydrogen-bond donors (Lipinski definition) is 4. The van der Waals surface area contributed by atoms with E-state index in [9.17, 15) is 9.59 Å². The average molecular weight is 304 g/mol. The minimum Gasteiger partial charge on any atom is -0.352 e. The van der Waals surface area contributed by atoms with Crippen molar-refractivity contribution in [1.29, 1.82) is 0 Å². The quantitative estimate of drug-likeness (QED) is 0.653. The first-order valence-electron chi connectivity index (χ1n) is 7.60. The summed E-state index contributed by atoms with van der Waals surface area (Å²) in [6, 6.07) is 6.60. The molecular weight excluding hydrogens is 280 g/mol. The molecule has 6 heteroatoms. The van der Waals surface area contributed by atoms with Crippen molar-refractivity contribution < 1.29 is 9.59 Å². The normalized spacial score (nSPS) is 16.8. The van der Waals surface area contributed by atoms with Gasteiger partial charge in [0.2, 0.25) is 0 Å². The Labute approximate surface area is 130 Å². The lowest BCUT2D eigenvalue weighted by Crippen LogP contribution is -2.42. The van der Waals surface area contributed by atoms with Crippen LogP contribution in [0.15, 0.2) is 24.3 Å². The highest BCUT2D eigenvalue weighted by atomic mass is 16.2. The summed E-state index contributed by atoms with van der Waals surface area (Å²) in [6.45, 7) is 5.29. The molecule has 0 aliphatic carbocycles. The third kappa shape index (κ3) is 4.73. The maximum atomic E-state index is 12.2. The highest BCUT2D eigenvalue weighted by Crippen LogP contribution is 2.26. The summed E-state index contributed by atoms with van der Waals surface area (Å²) in [5.41, 5.74) is 6.72. The van der Waals surface area contributed by atoms with Crippen molar-refractivity contribution in [3.8, 4) is 0 Å². The van der Waals surface area contributed by atoms with Gasteiger partial charge in [0, 0.05) is 18.7 Å². The van der Waals surface area contributed by atoms with Crippen molar-refractivity contribution >= 4 is 11.9 Å². The summed E-state index contributed by atoms with van der Waals surface area (Å²) in [7, 11) is 0. The number of benzene rings is 1. The van der Waals surface area contributed by atoms with E-state index >= 15 is 0 Å². The van der Waals surface area contributed by atoms with Crippen LogP contribution in [-0.2, 0) is 6.54 Å². The predicted octanol–water partition coefficient (Wildman–Crippen LogP) is 0.974. The van der Waals surface area contributed by atoms with Gasteiger partial charge < -0.3 is 21.7 Å². The maximum Gasteiger partial charge on any atom is 0.312 e. The number of amides is 3. The molecule has 1 heterocycles. The van der Waals surface area contributed by atoms with Crippen LogP contribution in [0.2, 0.25) is 0 Å². The van der Waals surface area contributed by atoms with Crippen LogP contribution in [0.25, 0.3) is 0 Å². The van der Waals surface area contributed by atoms with Crippen LogP contribution in [0.3, 0.4) is 0 Å². The van der Waals surface area contributed by atoms with Gasteiger partial charge in [0.05, 0.1) is 0 Å². The van der Waals surface area contributed by atoms with Crippen LogP contribution < -0.4 is 21.7 Å². The van der Waals surface area contributed by atoms with Crippen LogP contribution in [0.1, 0.15) is 35.7 Å². The van der Waals surface area contributed by atoms with Crippen molar-refractivity contribution in [2.75, 3.05) is 19.6 Å². The van der Waals surface area contributed by atoms with Crippen LogP contribution in [0.4, 0.5) is 4.79 Å². The first-order chi connectivity index (χ1) is 10.5. The third-order valence-corrected chi connectivity index (χ3v) is 4.17. The first-order valence-corrected chi connectivity index (χ1v) is 7.60. The van der Waals surface area contributed by atoms with Crippen molar-refractivity contribution in [3.63, 3.8) is 0 Å². The van der Waals surface area contributed by atoms with Gasteiger partial charge in [-0.3, -0.25) is 4.79 Å². The fourth-order valence-electron chi connectivity index (χ4n) is 2.57. The summed E-state index contributed by atoms with van der Waals surface area (Å²) in [5.74, 6) is -0.0610. The van der Waals surface area contributed by atoms with E-state index in [0.29, 0.717) is 18.7 Å². The molecule has 6 nitrogen and oxygen atoms in total. The molecule has 5 N–H and O–H groups in total. The second kappa shape index (κ2) is 7.26. The molecule has 1 saturated heterocycles. The number of hydrogen-bond acceptors (Lipinski definition) is 3. The topological polar surface area (TPSA) is 96.2 Å². The van der Waals surface area contributed by atoms with Crippen LogP contribution in [0.5, 0.6) is 0 Å². The molecule has 3 amide bonds. The Balaban J connectivity index is 1.85. The van der Waals surface area contributed by atoms with Gasteiger partial charge in [-0.1, -0.05) is 19.1 Å². The Kier molecular flexibility index (Phi) is 5.38. The Bertz CT molecular complexity index is 521. The molecule has 1 aromatic rings. The Morgan fingerprint density at radius 1 is 1.18 bits per heavy atom. The molecular formula is C16H24N4O2. The fraction of sp³-hybridized carbons (Fsp3) is 0.500. The smallest absolute Gasteiger partial charge is 0.312 e. The molecule has 0 aromatic heterocycles. The number of primary amides is 1. The lowest BCUT2D eigenvalue weighted by molar-refractivity contribution is 0.0922. The van der Waals surface area contributed by atoms with Gasteiger partial charge in [-0.25, -0.2) is 4.79 Å². The van der Waals surface area contributed by atoms with E-state index in [1.807, 2.05) is 12.1 Å². The van der Waals surface area contributed by atoms with E-state index in [1.165, 1.54) is 0 Å². The molecule has 22 heavy (non-hydrogen) atoms. The molecule has 0 unspecified atom stereocenters. The Morgan fingerprint density at radius 3 is 2.41 bits per heavy atom. The molecule has 1 aromatic carbocycles. The van der Waals surface area contributed by atoms with E-state index in [-0.39, 0.29) is 11.3 Å². The van der Waals surface area contributed by atoms with Gasteiger partial charge in [0.1, 0.15) is 0 Å². The lowest BCUT2D eigenvalue weighted by Gasteiger charge is -2.34. The van der Waals surface area contributed by atoms with Crippen molar-refractivity contribution in [1.82, 2.24) is 16.0 Å². The minimum atomic E-state index is -0.558. The molecule has 0 atom stereocenters. The number of nitrogens with one attached hydrogen (secondary N) is 3. The summed E-state index contributed by atoms with van der Waals surface area (Å²) in [5, 5.41) is 8.87. The van der Waals surface area contributed by atoms with Crippen molar-refractivity contribution in [2.24, 2.45) is 11.1 Å². The Morgan fingerprint density at radius 2 is 1.82 bits per heavy atom. The van der Waals surface area contributed by atoms with E-state index in [1.54, 1.807) is 12.1 Å². The maximum absolute atomic E-state index is 12.2. The van der Waals surface area contributed by atoms with Gasteiger partial charge in [-0.15, -0.1) is 0 Å². The van der Waals surface area contributed by atoms with E-state index in [0.717, 1.165) is 31.5 Å². The van der Waals surface area contributed by atoms with Crippen LogP contribution in [-0.4, -0.2) is 31.6 Å². The van der Waals surface area contributed by atoms with E-state index in [2.05, 4.69) is 22.9 Å². The number of nitrogens with two attached hydrogens (primary N) is 1. The SMILES string of the molecule is CC1(CNC(=O)c2ccc(CNC(N)=O)cc2)CCNCC1. The number of carbonyl (C=O) groups excluding carboxylic acids is 2. The monoisotopic (exact) mass is 304 g/mol. The molecule has 0 radical (unpaired) electrons. The highest BCUT2D eigenvalue weighted by molar-refractivity contribution is 5.94. The van der Waals surface area contributed by atoms with Gasteiger partial charge >= 0.3 is 6.03 Å². The average Bonchev–Trinajstić information content (AvgIpc) is 2.52. The number of rotatable bonds is 5. The number of piperidine rings is 1. The zero-order chi connectivity index (χ0) is 16.0. The molecule has 1 aliphatic rings.